The molecule has 0 saturated carbocycles. The van der Waals surface area contributed by atoms with Gasteiger partial charge in [-0.15, -0.1) is 0 Å². The molecule has 1 heterocycles. The first kappa shape index (κ1) is 16.2. The van der Waals surface area contributed by atoms with Gasteiger partial charge in [0.25, 0.3) is 5.69 Å². The van der Waals surface area contributed by atoms with E-state index in [-0.39, 0.29) is 23.2 Å². The lowest BCUT2D eigenvalue weighted by Crippen LogP contribution is -2.33. The van der Waals surface area contributed by atoms with Crippen molar-refractivity contribution in [1.29, 1.82) is 0 Å². The van der Waals surface area contributed by atoms with Crippen LogP contribution in [0.4, 0.5) is 11.5 Å². The number of pyridine rings is 1. The topological polar surface area (TPSA) is 96.6 Å². The van der Waals surface area contributed by atoms with Gasteiger partial charge in [0, 0.05) is 25.1 Å². The molecule has 1 aromatic rings. The van der Waals surface area contributed by atoms with Crippen LogP contribution in [0.1, 0.15) is 26.7 Å². The van der Waals surface area contributed by atoms with Crippen molar-refractivity contribution in [2.24, 2.45) is 0 Å². The number of aromatic nitrogens is 1. The Balaban J connectivity index is 2.91. The smallest absolute Gasteiger partial charge is 0.303 e. The number of halogens is 1. The van der Waals surface area contributed by atoms with E-state index in [2.05, 4.69) is 4.98 Å². The second-order valence-corrected chi connectivity index (χ2v) is 4.95. The Bertz CT molecular complexity index is 507. The lowest BCUT2D eigenvalue weighted by Gasteiger charge is -2.28. The minimum absolute atomic E-state index is 0.0494. The van der Waals surface area contributed by atoms with Gasteiger partial charge in [-0.3, -0.25) is 14.9 Å². The highest BCUT2D eigenvalue weighted by atomic mass is 35.5. The summed E-state index contributed by atoms with van der Waals surface area (Å²) in [7, 11) is 0. The number of carbonyl (C=O) groups is 1. The zero-order valence-corrected chi connectivity index (χ0v) is 12.0. The number of carboxylic acids is 1. The third kappa shape index (κ3) is 4.34. The molecule has 8 heteroatoms. The van der Waals surface area contributed by atoms with Crippen LogP contribution in [0.2, 0.25) is 5.02 Å². The van der Waals surface area contributed by atoms with E-state index in [1.807, 2.05) is 18.7 Å². The summed E-state index contributed by atoms with van der Waals surface area (Å²) in [6, 6.07) is 1.30. The molecule has 0 saturated heterocycles. The number of nitro groups is 1. The third-order valence-corrected chi connectivity index (χ3v) is 2.98. The van der Waals surface area contributed by atoms with E-state index in [4.69, 9.17) is 16.7 Å². The molecule has 0 aliphatic carbocycles. The van der Waals surface area contributed by atoms with Gasteiger partial charge in [0.1, 0.15) is 12.0 Å². The number of rotatable bonds is 7. The number of anilines is 1. The van der Waals surface area contributed by atoms with Crippen LogP contribution in [-0.4, -0.2) is 33.6 Å². The second kappa shape index (κ2) is 7.04. The maximum atomic E-state index is 10.6. The van der Waals surface area contributed by atoms with Crippen LogP contribution in [0.5, 0.6) is 0 Å². The Morgan fingerprint density at radius 1 is 1.60 bits per heavy atom. The molecule has 0 aromatic carbocycles. The minimum Gasteiger partial charge on any atom is -0.481 e. The number of hydrogen-bond donors (Lipinski definition) is 1. The molecule has 0 unspecified atom stereocenters. The van der Waals surface area contributed by atoms with E-state index in [0.29, 0.717) is 18.8 Å². The van der Waals surface area contributed by atoms with Crippen molar-refractivity contribution in [1.82, 2.24) is 4.98 Å². The predicted molar refractivity (Wildman–Crippen MR) is 75.3 cm³/mol. The van der Waals surface area contributed by atoms with Crippen LogP contribution in [0, 0.1) is 10.1 Å². The van der Waals surface area contributed by atoms with Crippen molar-refractivity contribution >= 4 is 29.1 Å². The fourth-order valence-corrected chi connectivity index (χ4v) is 2.01. The summed E-state index contributed by atoms with van der Waals surface area (Å²) in [5.74, 6) is -0.436. The van der Waals surface area contributed by atoms with Gasteiger partial charge in [0.15, 0.2) is 0 Å². The fourth-order valence-electron chi connectivity index (χ4n) is 1.74. The largest absolute Gasteiger partial charge is 0.481 e. The Morgan fingerprint density at radius 3 is 2.70 bits per heavy atom. The van der Waals surface area contributed by atoms with Crippen LogP contribution >= 0.6 is 11.6 Å². The molecule has 0 amide bonds. The van der Waals surface area contributed by atoms with E-state index < -0.39 is 10.9 Å². The van der Waals surface area contributed by atoms with Crippen molar-refractivity contribution in [2.75, 3.05) is 11.4 Å². The quantitative estimate of drug-likeness (QED) is 0.614. The van der Waals surface area contributed by atoms with Crippen molar-refractivity contribution in [3.63, 3.8) is 0 Å². The summed E-state index contributed by atoms with van der Waals surface area (Å²) in [5.41, 5.74) is -0.173. The fraction of sp³-hybridized carbons (Fsp3) is 0.500. The van der Waals surface area contributed by atoms with Gasteiger partial charge in [-0.05, 0) is 20.3 Å². The van der Waals surface area contributed by atoms with Gasteiger partial charge in [0.05, 0.1) is 9.95 Å². The Morgan fingerprint density at radius 2 is 2.25 bits per heavy atom. The molecule has 110 valence electrons. The molecule has 1 aromatic heterocycles. The van der Waals surface area contributed by atoms with Gasteiger partial charge < -0.3 is 10.0 Å². The standard InChI is InChI=1S/C12H16ClN3O4/c1-8(2)15(5-3-4-11(17)18)12-10(13)6-9(7-14-12)16(19)20/h6-8H,3-5H2,1-2H3,(H,17,18). The van der Waals surface area contributed by atoms with E-state index in [0.717, 1.165) is 6.20 Å². The SMILES string of the molecule is CC(C)N(CCCC(=O)O)c1ncc([N+](=O)[O-])cc1Cl. The lowest BCUT2D eigenvalue weighted by atomic mass is 10.2. The molecule has 0 aliphatic heterocycles. The van der Waals surface area contributed by atoms with Gasteiger partial charge in [-0.1, -0.05) is 11.6 Å². The number of carboxylic acid groups (broad SMARTS) is 1. The Kier molecular flexibility index (Phi) is 5.69. The average molecular weight is 302 g/mol. The number of nitrogens with zero attached hydrogens (tertiary/aromatic N) is 3. The van der Waals surface area contributed by atoms with Crippen LogP contribution in [-0.2, 0) is 4.79 Å². The highest BCUT2D eigenvalue weighted by Gasteiger charge is 2.18. The van der Waals surface area contributed by atoms with Crippen molar-refractivity contribution in [3.8, 4) is 0 Å². The summed E-state index contributed by atoms with van der Waals surface area (Å²) in [4.78, 5) is 26.5. The molecule has 0 atom stereocenters. The van der Waals surface area contributed by atoms with E-state index in [9.17, 15) is 14.9 Å². The molecular formula is C12H16ClN3O4. The average Bonchev–Trinajstić information content (AvgIpc) is 2.34. The van der Waals surface area contributed by atoms with E-state index >= 15 is 0 Å². The zero-order chi connectivity index (χ0) is 15.3. The molecule has 0 radical (unpaired) electrons. The first-order chi connectivity index (χ1) is 9.32. The van der Waals surface area contributed by atoms with Crippen LogP contribution in [0.25, 0.3) is 0 Å². The summed E-state index contributed by atoms with van der Waals surface area (Å²) in [6.07, 6.45) is 1.64. The molecular weight excluding hydrogens is 286 g/mol. The summed E-state index contributed by atoms with van der Waals surface area (Å²) >= 11 is 6.03. The number of aliphatic carboxylic acids is 1. The molecule has 1 N–H and O–H groups in total. The Labute approximate surface area is 121 Å². The lowest BCUT2D eigenvalue weighted by molar-refractivity contribution is -0.385. The first-order valence-corrected chi connectivity index (χ1v) is 6.49. The van der Waals surface area contributed by atoms with Crippen molar-refractivity contribution in [3.05, 3.63) is 27.4 Å². The first-order valence-electron chi connectivity index (χ1n) is 6.11. The maximum Gasteiger partial charge on any atom is 0.303 e. The molecule has 0 aliphatic rings. The minimum atomic E-state index is -0.864. The van der Waals surface area contributed by atoms with Gasteiger partial charge >= 0.3 is 5.97 Å². The molecule has 0 bridgehead atoms. The molecule has 1 rings (SSSR count). The van der Waals surface area contributed by atoms with Crippen LogP contribution in [0.3, 0.4) is 0 Å². The molecule has 20 heavy (non-hydrogen) atoms. The summed E-state index contributed by atoms with van der Waals surface area (Å²) in [6.45, 7) is 4.30. The number of hydrogen-bond acceptors (Lipinski definition) is 5. The second-order valence-electron chi connectivity index (χ2n) is 4.54. The maximum absolute atomic E-state index is 10.6. The monoisotopic (exact) mass is 301 g/mol. The molecule has 0 spiro atoms. The van der Waals surface area contributed by atoms with E-state index in [1.165, 1.54) is 6.07 Å². The van der Waals surface area contributed by atoms with Crippen LogP contribution in [0.15, 0.2) is 12.3 Å². The highest BCUT2D eigenvalue weighted by molar-refractivity contribution is 6.33. The summed E-state index contributed by atoms with van der Waals surface area (Å²) < 4.78 is 0. The highest BCUT2D eigenvalue weighted by Crippen LogP contribution is 2.28. The van der Waals surface area contributed by atoms with Gasteiger partial charge in [0.2, 0.25) is 0 Å². The Hall–Kier alpha value is -1.89. The molecule has 7 nitrogen and oxygen atoms in total. The van der Waals surface area contributed by atoms with Crippen molar-refractivity contribution in [2.45, 2.75) is 32.7 Å². The third-order valence-electron chi connectivity index (χ3n) is 2.70. The molecule has 0 fully saturated rings. The van der Waals surface area contributed by atoms with Gasteiger partial charge in [-0.25, -0.2) is 4.98 Å². The predicted octanol–water partition coefficient (Wildman–Crippen LogP) is 2.72. The van der Waals surface area contributed by atoms with E-state index in [1.54, 1.807) is 0 Å². The van der Waals surface area contributed by atoms with Gasteiger partial charge in [-0.2, -0.15) is 0 Å². The van der Waals surface area contributed by atoms with Crippen LogP contribution < -0.4 is 4.90 Å². The zero-order valence-electron chi connectivity index (χ0n) is 11.2. The van der Waals surface area contributed by atoms with Crippen molar-refractivity contribution < 1.29 is 14.8 Å². The normalized spacial score (nSPS) is 10.6. The summed E-state index contributed by atoms with van der Waals surface area (Å²) in [5, 5.41) is 19.5.